The van der Waals surface area contributed by atoms with Crippen LogP contribution in [-0.2, 0) is 14.3 Å². The maximum absolute atomic E-state index is 12.2. The van der Waals surface area contributed by atoms with Gasteiger partial charge in [0, 0.05) is 38.0 Å². The highest BCUT2D eigenvalue weighted by atomic mass is 35.5. The third-order valence-electron chi connectivity index (χ3n) is 5.72. The Kier molecular flexibility index (Phi) is 4.76. The van der Waals surface area contributed by atoms with Gasteiger partial charge in [0.15, 0.2) is 0 Å². The Morgan fingerprint density at radius 1 is 1.21 bits per heavy atom. The van der Waals surface area contributed by atoms with Crippen LogP contribution in [0.5, 0.6) is 0 Å². The van der Waals surface area contributed by atoms with Gasteiger partial charge >= 0.3 is 6.09 Å². The second kappa shape index (κ2) is 6.90. The molecule has 3 fully saturated rings. The minimum absolute atomic E-state index is 0.0882. The van der Waals surface area contributed by atoms with Crippen molar-refractivity contribution in [2.45, 2.75) is 45.1 Å². The van der Waals surface area contributed by atoms with Crippen LogP contribution in [0.2, 0.25) is 5.02 Å². The number of anilines is 1. The summed E-state index contributed by atoms with van der Waals surface area (Å²) >= 11 is 6.67. The number of piperidine rings is 1. The van der Waals surface area contributed by atoms with Crippen LogP contribution in [-0.4, -0.2) is 54.6 Å². The fourth-order valence-electron chi connectivity index (χ4n) is 4.39. The summed E-state index contributed by atoms with van der Waals surface area (Å²) in [5.41, 5.74) is 1.26. The van der Waals surface area contributed by atoms with Gasteiger partial charge in [-0.05, 0) is 38.8 Å². The van der Waals surface area contributed by atoms with Crippen molar-refractivity contribution in [1.82, 2.24) is 10.2 Å². The highest BCUT2D eigenvalue weighted by molar-refractivity contribution is 6.34. The molecule has 0 radical (unpaired) electrons. The minimum atomic E-state index is -0.491. The highest BCUT2D eigenvalue weighted by Crippen LogP contribution is 2.45. The molecule has 4 rings (SSSR count). The number of hydrogen-bond acceptors (Lipinski definition) is 5. The van der Waals surface area contributed by atoms with Gasteiger partial charge in [-0.25, -0.2) is 4.79 Å². The van der Waals surface area contributed by atoms with Gasteiger partial charge in [-0.3, -0.25) is 14.9 Å². The number of likely N-dealkylation sites (tertiary alicyclic amines) is 1. The second-order valence-corrected chi connectivity index (χ2v) is 9.75. The first-order chi connectivity index (χ1) is 13.6. The Hall–Kier alpha value is -2.28. The van der Waals surface area contributed by atoms with E-state index in [-0.39, 0.29) is 23.3 Å². The molecule has 1 aromatic rings. The molecule has 156 valence electrons. The third kappa shape index (κ3) is 3.80. The Morgan fingerprint density at radius 3 is 2.52 bits per heavy atom. The van der Waals surface area contributed by atoms with E-state index in [4.69, 9.17) is 16.3 Å². The molecule has 1 unspecified atom stereocenters. The lowest BCUT2D eigenvalue weighted by Crippen LogP contribution is -2.73. The molecule has 0 aliphatic carbocycles. The lowest BCUT2D eigenvalue weighted by atomic mass is 9.72. The summed E-state index contributed by atoms with van der Waals surface area (Å²) in [6, 6.07) is 5.71. The summed E-state index contributed by atoms with van der Waals surface area (Å²) < 4.78 is 5.43. The number of carbonyl (C=O) groups is 3. The van der Waals surface area contributed by atoms with Crippen LogP contribution in [0.3, 0.4) is 0 Å². The quantitative estimate of drug-likeness (QED) is 0.745. The van der Waals surface area contributed by atoms with E-state index in [0.717, 1.165) is 24.3 Å². The summed E-state index contributed by atoms with van der Waals surface area (Å²) in [5.74, 6) is -0.920. The number of rotatable bonds is 2. The Labute approximate surface area is 175 Å². The van der Waals surface area contributed by atoms with Crippen LogP contribution >= 0.6 is 11.6 Å². The SMILES string of the molecule is CC(C)(C)OC(=O)N1CC2(C1)CN(c1cccc(C3CCC(=O)NC3=O)c1Cl)C2. The summed E-state index contributed by atoms with van der Waals surface area (Å²) in [7, 11) is 0. The third-order valence-corrected chi connectivity index (χ3v) is 6.13. The normalized spacial score (nSPS) is 23.4. The number of benzene rings is 1. The lowest BCUT2D eigenvalue weighted by molar-refractivity contribution is -0.134. The van der Waals surface area contributed by atoms with Crippen molar-refractivity contribution in [2.24, 2.45) is 5.41 Å². The van der Waals surface area contributed by atoms with Crippen molar-refractivity contribution < 1.29 is 19.1 Å². The number of nitrogens with one attached hydrogen (secondary N) is 1. The number of ether oxygens (including phenoxy) is 1. The maximum Gasteiger partial charge on any atom is 0.410 e. The van der Waals surface area contributed by atoms with E-state index in [9.17, 15) is 14.4 Å². The van der Waals surface area contributed by atoms with E-state index in [2.05, 4.69) is 10.2 Å². The molecule has 1 aromatic carbocycles. The first kappa shape index (κ1) is 20.0. The largest absolute Gasteiger partial charge is 0.444 e. The molecule has 1 spiro atoms. The molecule has 3 aliphatic heterocycles. The topological polar surface area (TPSA) is 79.0 Å². The summed E-state index contributed by atoms with van der Waals surface area (Å²) in [6.45, 7) is 8.58. The van der Waals surface area contributed by atoms with Gasteiger partial charge in [-0.1, -0.05) is 23.7 Å². The Morgan fingerprint density at radius 2 is 1.90 bits per heavy atom. The number of carbonyl (C=O) groups excluding carboxylic acids is 3. The average Bonchev–Trinajstić information content (AvgIpc) is 2.52. The van der Waals surface area contributed by atoms with E-state index < -0.39 is 11.5 Å². The molecule has 3 aliphatic rings. The molecule has 0 aromatic heterocycles. The van der Waals surface area contributed by atoms with Crippen molar-refractivity contribution >= 4 is 35.2 Å². The zero-order chi connectivity index (χ0) is 21.0. The van der Waals surface area contributed by atoms with Crippen LogP contribution in [0.25, 0.3) is 0 Å². The van der Waals surface area contributed by atoms with Gasteiger partial charge in [-0.2, -0.15) is 0 Å². The van der Waals surface area contributed by atoms with E-state index in [0.29, 0.717) is 31.0 Å². The highest BCUT2D eigenvalue weighted by Gasteiger charge is 2.54. The molecule has 1 atom stereocenters. The van der Waals surface area contributed by atoms with Crippen molar-refractivity contribution in [3.63, 3.8) is 0 Å². The van der Waals surface area contributed by atoms with E-state index >= 15 is 0 Å². The zero-order valence-electron chi connectivity index (χ0n) is 17.0. The predicted octanol–water partition coefficient (Wildman–Crippen LogP) is 2.92. The first-order valence-electron chi connectivity index (χ1n) is 9.92. The van der Waals surface area contributed by atoms with Crippen LogP contribution in [0.4, 0.5) is 10.5 Å². The zero-order valence-corrected chi connectivity index (χ0v) is 17.7. The molecule has 0 bridgehead atoms. The summed E-state index contributed by atoms with van der Waals surface area (Å²) in [6.07, 6.45) is 0.534. The fourth-order valence-corrected chi connectivity index (χ4v) is 4.77. The molecular formula is C21H26ClN3O4. The molecule has 3 amide bonds. The van der Waals surface area contributed by atoms with Crippen molar-refractivity contribution in [1.29, 1.82) is 0 Å². The smallest absolute Gasteiger partial charge is 0.410 e. The minimum Gasteiger partial charge on any atom is -0.444 e. The first-order valence-corrected chi connectivity index (χ1v) is 10.3. The second-order valence-electron chi connectivity index (χ2n) is 9.38. The number of amides is 3. The molecule has 0 saturated carbocycles. The summed E-state index contributed by atoms with van der Waals surface area (Å²) in [5, 5.41) is 2.96. The van der Waals surface area contributed by atoms with Gasteiger partial charge in [-0.15, -0.1) is 0 Å². The van der Waals surface area contributed by atoms with Crippen molar-refractivity contribution in [3.05, 3.63) is 28.8 Å². The molecule has 1 N–H and O–H groups in total. The molecule has 8 heteroatoms. The Balaban J connectivity index is 1.39. The number of imide groups is 1. The standard InChI is InChI=1S/C21H26ClN3O4/c1-20(2,3)29-19(28)25-11-21(12-25)9-24(10-21)15-6-4-5-13(17(15)22)14-7-8-16(26)23-18(14)27/h4-6,14H,7-12H2,1-3H3,(H,23,26,27). The van der Waals surface area contributed by atoms with Gasteiger partial charge in [0.2, 0.25) is 11.8 Å². The predicted molar refractivity (Wildman–Crippen MR) is 109 cm³/mol. The van der Waals surface area contributed by atoms with E-state index in [1.165, 1.54) is 0 Å². The molecule has 7 nitrogen and oxygen atoms in total. The van der Waals surface area contributed by atoms with Gasteiger partial charge in [0.25, 0.3) is 0 Å². The van der Waals surface area contributed by atoms with Crippen molar-refractivity contribution in [2.75, 3.05) is 31.1 Å². The van der Waals surface area contributed by atoms with Crippen LogP contribution in [0.15, 0.2) is 18.2 Å². The van der Waals surface area contributed by atoms with Crippen molar-refractivity contribution in [3.8, 4) is 0 Å². The molecular weight excluding hydrogens is 394 g/mol. The van der Waals surface area contributed by atoms with E-state index in [1.54, 1.807) is 4.90 Å². The van der Waals surface area contributed by atoms with E-state index in [1.807, 2.05) is 39.0 Å². The molecule has 29 heavy (non-hydrogen) atoms. The monoisotopic (exact) mass is 419 g/mol. The van der Waals surface area contributed by atoms with Gasteiger partial charge in [0.1, 0.15) is 5.60 Å². The van der Waals surface area contributed by atoms with Crippen LogP contribution in [0, 0.1) is 5.41 Å². The maximum atomic E-state index is 12.2. The fraction of sp³-hybridized carbons (Fsp3) is 0.571. The number of hydrogen-bond donors (Lipinski definition) is 1. The lowest BCUT2D eigenvalue weighted by Gasteiger charge is -2.60. The molecule has 3 heterocycles. The summed E-state index contributed by atoms with van der Waals surface area (Å²) in [4.78, 5) is 39.7. The Bertz CT molecular complexity index is 865. The number of halogens is 1. The van der Waals surface area contributed by atoms with Gasteiger partial charge in [0.05, 0.1) is 16.6 Å². The van der Waals surface area contributed by atoms with Crippen LogP contribution < -0.4 is 10.2 Å². The molecule has 3 saturated heterocycles. The average molecular weight is 420 g/mol. The number of nitrogens with zero attached hydrogens (tertiary/aromatic N) is 2. The van der Waals surface area contributed by atoms with Gasteiger partial charge < -0.3 is 14.5 Å². The van der Waals surface area contributed by atoms with Crippen LogP contribution in [0.1, 0.15) is 45.1 Å².